The van der Waals surface area contributed by atoms with E-state index in [2.05, 4.69) is 4.74 Å². The van der Waals surface area contributed by atoms with Crippen LogP contribution in [0.3, 0.4) is 0 Å². The Kier molecular flexibility index (Phi) is 3.53. The van der Waals surface area contributed by atoms with Gasteiger partial charge in [-0.2, -0.15) is 0 Å². The quantitative estimate of drug-likeness (QED) is 0.592. The maximum atomic E-state index is 10.9. The fourth-order valence-corrected chi connectivity index (χ4v) is 1.52. The average Bonchev–Trinajstić information content (AvgIpc) is 2.04. The first-order valence-corrected chi connectivity index (χ1v) is 4.44. The Labute approximate surface area is 73.0 Å². The summed E-state index contributed by atoms with van der Waals surface area (Å²) in [6, 6.07) is 0. The molecule has 0 spiro atoms. The molecule has 0 N–H and O–H groups in total. The molecular weight excluding hydrogens is 156 g/mol. The normalized spacial score (nSPS) is 29.8. The molecule has 1 heterocycles. The lowest BCUT2D eigenvalue weighted by molar-refractivity contribution is -0.146. The predicted molar refractivity (Wildman–Crippen MR) is 44.8 cm³/mol. The molecule has 0 aromatic rings. The molecule has 0 aliphatic carbocycles. The molecule has 70 valence electrons. The molecule has 0 radical (unpaired) electrons. The highest BCUT2D eigenvalue weighted by atomic mass is 16.5. The van der Waals surface area contributed by atoms with Crippen molar-refractivity contribution in [2.45, 2.75) is 44.8 Å². The van der Waals surface area contributed by atoms with Crippen molar-refractivity contribution in [1.82, 2.24) is 0 Å². The molecule has 1 rings (SSSR count). The summed E-state index contributed by atoms with van der Waals surface area (Å²) < 4.78 is 10.1. The molecule has 1 aliphatic rings. The summed E-state index contributed by atoms with van der Waals surface area (Å²) in [5.41, 5.74) is 0. The molecule has 3 heteroatoms. The molecule has 0 unspecified atom stereocenters. The van der Waals surface area contributed by atoms with Crippen LogP contribution >= 0.6 is 0 Å². The van der Waals surface area contributed by atoms with Crippen molar-refractivity contribution < 1.29 is 14.3 Å². The van der Waals surface area contributed by atoms with Gasteiger partial charge in [-0.25, -0.2) is 0 Å². The van der Waals surface area contributed by atoms with Crippen molar-refractivity contribution in [2.75, 3.05) is 7.11 Å². The second-order valence-electron chi connectivity index (χ2n) is 3.28. The number of methoxy groups -OCH3 is 1. The first-order valence-electron chi connectivity index (χ1n) is 4.44. The third-order valence-corrected chi connectivity index (χ3v) is 2.18. The first-order chi connectivity index (χ1) is 5.72. The van der Waals surface area contributed by atoms with Crippen molar-refractivity contribution in [1.29, 1.82) is 0 Å². The van der Waals surface area contributed by atoms with E-state index < -0.39 is 0 Å². The molecule has 0 aromatic carbocycles. The van der Waals surface area contributed by atoms with Gasteiger partial charge in [-0.05, 0) is 26.2 Å². The van der Waals surface area contributed by atoms with Crippen LogP contribution in [0.5, 0.6) is 0 Å². The van der Waals surface area contributed by atoms with Crippen LogP contribution in [0, 0.1) is 0 Å². The van der Waals surface area contributed by atoms with Gasteiger partial charge in [-0.15, -0.1) is 0 Å². The van der Waals surface area contributed by atoms with Gasteiger partial charge in [0, 0.05) is 0 Å². The van der Waals surface area contributed by atoms with Crippen LogP contribution < -0.4 is 0 Å². The monoisotopic (exact) mass is 172 g/mol. The number of carbonyl (C=O) groups excluding carboxylic acids is 1. The number of carbonyl (C=O) groups is 1. The Morgan fingerprint density at radius 1 is 1.58 bits per heavy atom. The minimum Gasteiger partial charge on any atom is -0.469 e. The summed E-state index contributed by atoms with van der Waals surface area (Å²) in [7, 11) is 1.41. The van der Waals surface area contributed by atoms with Gasteiger partial charge in [0.2, 0.25) is 0 Å². The molecule has 1 aliphatic heterocycles. The zero-order chi connectivity index (χ0) is 8.97. The lowest BCUT2D eigenvalue weighted by Crippen LogP contribution is -2.27. The van der Waals surface area contributed by atoms with E-state index in [1.165, 1.54) is 7.11 Å². The van der Waals surface area contributed by atoms with Gasteiger partial charge in [-0.3, -0.25) is 4.79 Å². The van der Waals surface area contributed by atoms with E-state index in [4.69, 9.17) is 4.74 Å². The lowest BCUT2D eigenvalue weighted by atomic mass is 10.0. The molecule has 1 fully saturated rings. The largest absolute Gasteiger partial charge is 0.469 e. The topological polar surface area (TPSA) is 35.5 Å². The standard InChI is InChI=1S/C9H16O3/c1-7-4-3-5-8(12-7)6-9(10)11-2/h7-8H,3-6H2,1-2H3/t7-,8+/m0/s1. The first kappa shape index (κ1) is 9.52. The zero-order valence-electron chi connectivity index (χ0n) is 7.71. The fourth-order valence-electron chi connectivity index (χ4n) is 1.52. The minimum absolute atomic E-state index is 0.0844. The Hall–Kier alpha value is -0.570. The van der Waals surface area contributed by atoms with Crippen LogP contribution in [0.25, 0.3) is 0 Å². The second kappa shape index (κ2) is 4.45. The van der Waals surface area contributed by atoms with Gasteiger partial charge in [-0.1, -0.05) is 0 Å². The van der Waals surface area contributed by atoms with Gasteiger partial charge in [0.25, 0.3) is 0 Å². The molecule has 0 aromatic heterocycles. The van der Waals surface area contributed by atoms with Crippen molar-refractivity contribution >= 4 is 5.97 Å². The molecule has 0 saturated carbocycles. The lowest BCUT2D eigenvalue weighted by Gasteiger charge is -2.26. The summed E-state index contributed by atoms with van der Waals surface area (Å²) in [5.74, 6) is -0.172. The number of esters is 1. The highest BCUT2D eigenvalue weighted by Gasteiger charge is 2.21. The minimum atomic E-state index is -0.172. The number of hydrogen-bond acceptors (Lipinski definition) is 3. The van der Waals surface area contributed by atoms with E-state index in [0.29, 0.717) is 12.5 Å². The van der Waals surface area contributed by atoms with Gasteiger partial charge in [0.15, 0.2) is 0 Å². The Bertz CT molecular complexity index is 156. The zero-order valence-corrected chi connectivity index (χ0v) is 7.71. The maximum Gasteiger partial charge on any atom is 0.308 e. The van der Waals surface area contributed by atoms with E-state index in [1.54, 1.807) is 0 Å². The Morgan fingerprint density at radius 3 is 2.92 bits per heavy atom. The number of ether oxygens (including phenoxy) is 2. The highest BCUT2D eigenvalue weighted by molar-refractivity contribution is 5.69. The molecule has 12 heavy (non-hydrogen) atoms. The molecular formula is C9H16O3. The Morgan fingerprint density at radius 2 is 2.33 bits per heavy atom. The summed E-state index contributed by atoms with van der Waals surface area (Å²) in [4.78, 5) is 10.9. The molecule has 1 saturated heterocycles. The SMILES string of the molecule is COC(=O)C[C@H]1CCC[C@H](C)O1. The van der Waals surface area contributed by atoms with Gasteiger partial charge in [0.05, 0.1) is 25.7 Å². The van der Waals surface area contributed by atoms with E-state index in [9.17, 15) is 4.79 Å². The Balaban J connectivity index is 2.27. The average molecular weight is 172 g/mol. The van der Waals surface area contributed by atoms with Gasteiger partial charge >= 0.3 is 5.97 Å². The van der Waals surface area contributed by atoms with Crippen LogP contribution in [0.1, 0.15) is 32.6 Å². The van der Waals surface area contributed by atoms with E-state index >= 15 is 0 Å². The van der Waals surface area contributed by atoms with Crippen LogP contribution in [0.2, 0.25) is 0 Å². The van der Waals surface area contributed by atoms with E-state index in [1.807, 2.05) is 6.92 Å². The van der Waals surface area contributed by atoms with Crippen LogP contribution in [-0.2, 0) is 14.3 Å². The fraction of sp³-hybridized carbons (Fsp3) is 0.889. The van der Waals surface area contributed by atoms with Gasteiger partial charge in [0.1, 0.15) is 0 Å². The van der Waals surface area contributed by atoms with Crippen molar-refractivity contribution in [3.05, 3.63) is 0 Å². The predicted octanol–water partition coefficient (Wildman–Crippen LogP) is 1.51. The van der Waals surface area contributed by atoms with Gasteiger partial charge < -0.3 is 9.47 Å². The number of hydrogen-bond donors (Lipinski definition) is 0. The van der Waals surface area contributed by atoms with Crippen molar-refractivity contribution in [2.24, 2.45) is 0 Å². The smallest absolute Gasteiger partial charge is 0.308 e. The highest BCUT2D eigenvalue weighted by Crippen LogP contribution is 2.20. The number of rotatable bonds is 2. The molecule has 0 amide bonds. The second-order valence-corrected chi connectivity index (χ2v) is 3.28. The maximum absolute atomic E-state index is 10.9. The summed E-state index contributed by atoms with van der Waals surface area (Å²) >= 11 is 0. The third kappa shape index (κ3) is 2.81. The van der Waals surface area contributed by atoms with Crippen LogP contribution in [0.4, 0.5) is 0 Å². The van der Waals surface area contributed by atoms with Crippen molar-refractivity contribution in [3.63, 3.8) is 0 Å². The third-order valence-electron chi connectivity index (χ3n) is 2.18. The molecule has 3 nitrogen and oxygen atoms in total. The van der Waals surface area contributed by atoms with E-state index in [-0.39, 0.29) is 12.1 Å². The van der Waals surface area contributed by atoms with E-state index in [0.717, 1.165) is 19.3 Å². The van der Waals surface area contributed by atoms with Crippen molar-refractivity contribution in [3.8, 4) is 0 Å². The summed E-state index contributed by atoms with van der Waals surface area (Å²) in [6.07, 6.45) is 4.04. The summed E-state index contributed by atoms with van der Waals surface area (Å²) in [5, 5.41) is 0. The summed E-state index contributed by atoms with van der Waals surface area (Å²) in [6.45, 7) is 2.05. The molecule has 0 bridgehead atoms. The molecule has 2 atom stereocenters. The van der Waals surface area contributed by atoms with Crippen LogP contribution in [-0.4, -0.2) is 25.3 Å². The van der Waals surface area contributed by atoms with Crippen LogP contribution in [0.15, 0.2) is 0 Å².